The van der Waals surface area contributed by atoms with E-state index in [9.17, 15) is 19.7 Å². The van der Waals surface area contributed by atoms with Gasteiger partial charge in [-0.25, -0.2) is 9.59 Å². The summed E-state index contributed by atoms with van der Waals surface area (Å²) in [5.74, 6) is -0.786. The van der Waals surface area contributed by atoms with Gasteiger partial charge in [-0.3, -0.25) is 10.1 Å². The molecule has 1 N–H and O–H groups in total. The molecule has 0 spiro atoms. The average molecular weight is 372 g/mol. The van der Waals surface area contributed by atoms with E-state index in [1.807, 2.05) is 30.3 Å². The molecule has 2 aromatic rings. The molecule has 1 amide bonds. The van der Waals surface area contributed by atoms with Crippen molar-refractivity contribution in [2.24, 2.45) is 5.92 Å². The minimum Gasteiger partial charge on any atom is -0.445 e. The maximum Gasteiger partial charge on any atom is 0.408 e. The van der Waals surface area contributed by atoms with Crippen molar-refractivity contribution < 1.29 is 24.0 Å². The highest BCUT2D eigenvalue weighted by atomic mass is 16.6. The lowest BCUT2D eigenvalue weighted by Crippen LogP contribution is -2.46. The van der Waals surface area contributed by atoms with Gasteiger partial charge in [-0.15, -0.1) is 0 Å². The summed E-state index contributed by atoms with van der Waals surface area (Å²) in [4.78, 5) is 34.5. The number of carbonyl (C=O) groups excluding carboxylic acids is 2. The molecule has 2 aromatic carbocycles. The summed E-state index contributed by atoms with van der Waals surface area (Å²) in [6.07, 6.45) is -0.738. The van der Waals surface area contributed by atoms with E-state index in [2.05, 4.69) is 5.32 Å². The number of non-ortho nitro benzene ring substituents is 1. The lowest BCUT2D eigenvalue weighted by molar-refractivity contribution is -0.384. The van der Waals surface area contributed by atoms with Gasteiger partial charge < -0.3 is 14.8 Å². The summed E-state index contributed by atoms with van der Waals surface area (Å²) in [6, 6.07) is 13.3. The highest BCUT2D eigenvalue weighted by Crippen LogP contribution is 2.18. The van der Waals surface area contributed by atoms with Crippen LogP contribution in [0.5, 0.6) is 5.75 Å². The van der Waals surface area contributed by atoms with E-state index in [1.165, 1.54) is 24.3 Å². The molecule has 0 fully saturated rings. The first-order chi connectivity index (χ1) is 12.9. The number of rotatable bonds is 7. The van der Waals surface area contributed by atoms with Crippen molar-refractivity contribution in [3.8, 4) is 5.75 Å². The molecule has 0 unspecified atom stereocenters. The van der Waals surface area contributed by atoms with Crippen LogP contribution in [0, 0.1) is 16.0 Å². The molecule has 0 radical (unpaired) electrons. The van der Waals surface area contributed by atoms with Gasteiger partial charge in [0.25, 0.3) is 5.69 Å². The van der Waals surface area contributed by atoms with Crippen LogP contribution in [-0.2, 0) is 16.1 Å². The largest absolute Gasteiger partial charge is 0.445 e. The molecule has 142 valence electrons. The van der Waals surface area contributed by atoms with E-state index in [1.54, 1.807) is 13.8 Å². The number of ether oxygens (including phenoxy) is 2. The molecule has 27 heavy (non-hydrogen) atoms. The van der Waals surface area contributed by atoms with Gasteiger partial charge >= 0.3 is 12.1 Å². The Morgan fingerprint density at radius 3 is 2.26 bits per heavy atom. The van der Waals surface area contributed by atoms with Gasteiger partial charge in [0.15, 0.2) is 0 Å². The molecule has 8 nitrogen and oxygen atoms in total. The standard InChI is InChI=1S/C19H20N2O6/c1-13(2)17(20-19(23)26-12-14-6-4-3-5-7-14)18(22)27-16-10-8-15(9-11-16)21(24)25/h3-11,13,17H,12H2,1-2H3,(H,20,23)/t17-/m1/s1. The predicted octanol–water partition coefficient (Wildman–Crippen LogP) is 3.45. The third-order valence-corrected chi connectivity index (χ3v) is 3.67. The Balaban J connectivity index is 1.93. The van der Waals surface area contributed by atoms with Crippen LogP contribution in [-0.4, -0.2) is 23.0 Å². The van der Waals surface area contributed by atoms with E-state index in [-0.39, 0.29) is 24.0 Å². The van der Waals surface area contributed by atoms with E-state index >= 15 is 0 Å². The fourth-order valence-electron chi connectivity index (χ4n) is 2.21. The number of hydrogen-bond donors (Lipinski definition) is 1. The number of benzene rings is 2. The van der Waals surface area contributed by atoms with E-state index < -0.39 is 23.0 Å². The summed E-state index contributed by atoms with van der Waals surface area (Å²) in [5, 5.41) is 13.1. The first-order valence-electron chi connectivity index (χ1n) is 8.30. The van der Waals surface area contributed by atoms with E-state index in [0.29, 0.717) is 0 Å². The lowest BCUT2D eigenvalue weighted by Gasteiger charge is -2.20. The van der Waals surface area contributed by atoms with Crippen LogP contribution in [0.3, 0.4) is 0 Å². The first kappa shape index (κ1) is 19.9. The van der Waals surface area contributed by atoms with Crippen LogP contribution >= 0.6 is 0 Å². The van der Waals surface area contributed by atoms with Crippen molar-refractivity contribution in [1.82, 2.24) is 5.32 Å². The Morgan fingerprint density at radius 2 is 1.70 bits per heavy atom. The third-order valence-electron chi connectivity index (χ3n) is 3.67. The second-order valence-corrected chi connectivity index (χ2v) is 6.10. The van der Waals surface area contributed by atoms with Gasteiger partial charge in [0, 0.05) is 12.1 Å². The van der Waals surface area contributed by atoms with Crippen LogP contribution in [0.4, 0.5) is 10.5 Å². The molecular weight excluding hydrogens is 352 g/mol. The van der Waals surface area contributed by atoms with Crippen molar-refractivity contribution in [3.63, 3.8) is 0 Å². The molecule has 0 saturated carbocycles. The third kappa shape index (κ3) is 6.10. The normalized spacial score (nSPS) is 11.5. The number of amides is 1. The van der Waals surface area contributed by atoms with Crippen LogP contribution in [0.25, 0.3) is 0 Å². The number of nitro benzene ring substituents is 1. The summed E-state index contributed by atoms with van der Waals surface area (Å²) in [5.41, 5.74) is 0.708. The molecule has 0 aromatic heterocycles. The molecule has 0 aliphatic carbocycles. The monoisotopic (exact) mass is 372 g/mol. The highest BCUT2D eigenvalue weighted by molar-refractivity contribution is 5.83. The SMILES string of the molecule is CC(C)[C@@H](NC(=O)OCc1ccccc1)C(=O)Oc1ccc([N+](=O)[O-])cc1. The lowest BCUT2D eigenvalue weighted by atomic mass is 10.1. The Labute approximate surface area is 156 Å². The summed E-state index contributed by atoms with van der Waals surface area (Å²) < 4.78 is 10.3. The molecular formula is C19H20N2O6. The van der Waals surface area contributed by atoms with Crippen molar-refractivity contribution in [3.05, 3.63) is 70.3 Å². The minimum absolute atomic E-state index is 0.0783. The highest BCUT2D eigenvalue weighted by Gasteiger charge is 2.27. The number of nitrogens with one attached hydrogen (secondary N) is 1. The number of nitro groups is 1. The van der Waals surface area contributed by atoms with Gasteiger partial charge in [0.05, 0.1) is 4.92 Å². The molecule has 0 saturated heterocycles. The van der Waals surface area contributed by atoms with Gasteiger partial charge in [0.1, 0.15) is 18.4 Å². The predicted molar refractivity (Wildman–Crippen MR) is 97.1 cm³/mol. The fourth-order valence-corrected chi connectivity index (χ4v) is 2.21. The van der Waals surface area contributed by atoms with Gasteiger partial charge in [-0.2, -0.15) is 0 Å². The maximum absolute atomic E-state index is 12.4. The number of nitrogens with zero attached hydrogens (tertiary/aromatic N) is 1. The zero-order valence-electron chi connectivity index (χ0n) is 15.0. The zero-order valence-corrected chi connectivity index (χ0v) is 15.0. The molecule has 0 heterocycles. The molecule has 0 bridgehead atoms. The van der Waals surface area contributed by atoms with Crippen molar-refractivity contribution in [2.45, 2.75) is 26.5 Å². The van der Waals surface area contributed by atoms with Crippen molar-refractivity contribution in [2.75, 3.05) is 0 Å². The Morgan fingerprint density at radius 1 is 1.07 bits per heavy atom. The second kappa shape index (κ2) is 9.33. The Hall–Kier alpha value is -3.42. The number of hydrogen-bond acceptors (Lipinski definition) is 6. The summed E-state index contributed by atoms with van der Waals surface area (Å²) in [6.45, 7) is 3.58. The Kier molecular flexibility index (Phi) is 6.87. The molecule has 2 rings (SSSR count). The number of alkyl carbamates (subject to hydrolysis) is 1. The van der Waals surface area contributed by atoms with Gasteiger partial charge in [0.2, 0.25) is 0 Å². The van der Waals surface area contributed by atoms with E-state index in [0.717, 1.165) is 5.56 Å². The van der Waals surface area contributed by atoms with Gasteiger partial charge in [-0.1, -0.05) is 44.2 Å². The first-order valence-corrected chi connectivity index (χ1v) is 8.30. The summed E-state index contributed by atoms with van der Waals surface area (Å²) in [7, 11) is 0. The second-order valence-electron chi connectivity index (χ2n) is 6.10. The topological polar surface area (TPSA) is 108 Å². The van der Waals surface area contributed by atoms with Crippen LogP contribution in [0.2, 0.25) is 0 Å². The maximum atomic E-state index is 12.4. The minimum atomic E-state index is -0.927. The van der Waals surface area contributed by atoms with Crippen molar-refractivity contribution >= 4 is 17.7 Å². The molecule has 0 aliphatic heterocycles. The number of esters is 1. The zero-order chi connectivity index (χ0) is 19.8. The molecule has 1 atom stereocenters. The van der Waals surface area contributed by atoms with Crippen LogP contribution in [0.1, 0.15) is 19.4 Å². The van der Waals surface area contributed by atoms with Crippen molar-refractivity contribution in [1.29, 1.82) is 0 Å². The quantitative estimate of drug-likeness (QED) is 0.345. The summed E-state index contributed by atoms with van der Waals surface area (Å²) >= 11 is 0. The van der Waals surface area contributed by atoms with Gasteiger partial charge in [-0.05, 0) is 23.6 Å². The number of carbonyl (C=O) groups is 2. The fraction of sp³-hybridized carbons (Fsp3) is 0.263. The van der Waals surface area contributed by atoms with E-state index in [4.69, 9.17) is 9.47 Å². The van der Waals surface area contributed by atoms with Crippen LogP contribution < -0.4 is 10.1 Å². The van der Waals surface area contributed by atoms with Crippen LogP contribution in [0.15, 0.2) is 54.6 Å². The average Bonchev–Trinajstić information content (AvgIpc) is 2.65. The molecule has 0 aliphatic rings. The smallest absolute Gasteiger partial charge is 0.408 e. The molecule has 8 heteroatoms. The Bertz CT molecular complexity index is 790.